The fourth-order valence-corrected chi connectivity index (χ4v) is 1.42. The number of rotatable bonds is 3. The van der Waals surface area contributed by atoms with Gasteiger partial charge in [0.1, 0.15) is 11.9 Å². The van der Waals surface area contributed by atoms with Gasteiger partial charge in [0.15, 0.2) is 0 Å². The van der Waals surface area contributed by atoms with E-state index in [4.69, 9.17) is 4.74 Å². The number of imidazole rings is 1. The summed E-state index contributed by atoms with van der Waals surface area (Å²) in [7, 11) is 0. The van der Waals surface area contributed by atoms with Gasteiger partial charge in [-0.2, -0.15) is 0 Å². The van der Waals surface area contributed by atoms with Crippen LogP contribution in [-0.2, 0) is 16.1 Å². The Hall–Kier alpha value is -1.40. The molecule has 0 radical (unpaired) electrons. The van der Waals surface area contributed by atoms with Crippen LogP contribution in [0.15, 0.2) is 12.4 Å². The van der Waals surface area contributed by atoms with Crippen molar-refractivity contribution in [3.8, 4) is 0 Å². The van der Waals surface area contributed by atoms with Gasteiger partial charge in [0, 0.05) is 18.9 Å². The Balaban J connectivity index is 1.76. The average molecular weight is 210 g/mol. The molecule has 1 unspecified atom stereocenters. The Morgan fingerprint density at radius 1 is 1.73 bits per heavy atom. The van der Waals surface area contributed by atoms with Crippen LogP contribution in [-0.4, -0.2) is 41.7 Å². The van der Waals surface area contributed by atoms with E-state index < -0.39 is 0 Å². The molecule has 1 aliphatic heterocycles. The van der Waals surface area contributed by atoms with Gasteiger partial charge in [0.2, 0.25) is 5.91 Å². The molecule has 1 atom stereocenters. The lowest BCUT2D eigenvalue weighted by molar-refractivity contribution is -0.126. The minimum absolute atomic E-state index is 0.0499. The van der Waals surface area contributed by atoms with Crippen molar-refractivity contribution in [2.75, 3.05) is 19.8 Å². The Kier molecular flexibility index (Phi) is 3.31. The number of nitrogens with one attached hydrogen (secondary N) is 3. The molecule has 0 spiro atoms. The highest BCUT2D eigenvalue weighted by molar-refractivity contribution is 5.81. The summed E-state index contributed by atoms with van der Waals surface area (Å²) in [6.07, 6.45) is 3.38. The van der Waals surface area contributed by atoms with Gasteiger partial charge >= 0.3 is 0 Å². The normalized spacial score (nSPS) is 21.2. The van der Waals surface area contributed by atoms with Crippen LogP contribution >= 0.6 is 0 Å². The first-order valence-corrected chi connectivity index (χ1v) is 4.93. The molecule has 2 rings (SSSR count). The number of morpholine rings is 1. The van der Waals surface area contributed by atoms with Gasteiger partial charge in [0.05, 0.1) is 19.8 Å². The van der Waals surface area contributed by atoms with Gasteiger partial charge in [0.25, 0.3) is 0 Å². The minimum atomic E-state index is -0.242. The minimum Gasteiger partial charge on any atom is -0.378 e. The first-order chi connectivity index (χ1) is 7.36. The van der Waals surface area contributed by atoms with E-state index in [1.807, 2.05) is 0 Å². The number of ether oxygens (including phenoxy) is 1. The van der Waals surface area contributed by atoms with Gasteiger partial charge in [-0.05, 0) is 0 Å². The zero-order valence-corrected chi connectivity index (χ0v) is 8.32. The molecule has 1 saturated heterocycles. The highest BCUT2D eigenvalue weighted by atomic mass is 16.5. The van der Waals surface area contributed by atoms with E-state index in [0.29, 0.717) is 19.8 Å². The number of aromatic amines is 1. The van der Waals surface area contributed by atoms with Crippen LogP contribution in [0.2, 0.25) is 0 Å². The second kappa shape index (κ2) is 4.90. The Morgan fingerprint density at radius 2 is 2.67 bits per heavy atom. The zero-order chi connectivity index (χ0) is 10.5. The van der Waals surface area contributed by atoms with Crippen LogP contribution in [0.25, 0.3) is 0 Å². The lowest BCUT2D eigenvalue weighted by atomic mass is 10.2. The number of H-pyrrole nitrogens is 1. The summed E-state index contributed by atoms with van der Waals surface area (Å²) in [4.78, 5) is 18.5. The van der Waals surface area contributed by atoms with E-state index in [-0.39, 0.29) is 11.9 Å². The van der Waals surface area contributed by atoms with Crippen LogP contribution in [0.5, 0.6) is 0 Å². The van der Waals surface area contributed by atoms with Crippen molar-refractivity contribution in [1.82, 2.24) is 20.6 Å². The monoisotopic (exact) mass is 210 g/mol. The maximum absolute atomic E-state index is 11.6. The fraction of sp³-hybridized carbons (Fsp3) is 0.556. The summed E-state index contributed by atoms with van der Waals surface area (Å²) >= 11 is 0. The van der Waals surface area contributed by atoms with Gasteiger partial charge in [-0.3, -0.25) is 4.79 Å². The van der Waals surface area contributed by atoms with Crippen molar-refractivity contribution in [3.05, 3.63) is 18.2 Å². The van der Waals surface area contributed by atoms with Crippen molar-refractivity contribution in [2.45, 2.75) is 12.6 Å². The Labute approximate surface area is 87.4 Å². The SMILES string of the molecule is O=C(NCc1ncc[nH]1)C1COCCN1. The summed E-state index contributed by atoms with van der Waals surface area (Å²) in [5.74, 6) is 0.700. The van der Waals surface area contributed by atoms with Crippen molar-refractivity contribution in [3.63, 3.8) is 0 Å². The van der Waals surface area contributed by atoms with Crippen LogP contribution in [0.4, 0.5) is 0 Å². The molecular formula is C9H14N4O2. The van der Waals surface area contributed by atoms with Crippen molar-refractivity contribution in [2.24, 2.45) is 0 Å². The highest BCUT2D eigenvalue weighted by Gasteiger charge is 2.20. The van der Waals surface area contributed by atoms with Crippen LogP contribution in [0.3, 0.4) is 0 Å². The maximum Gasteiger partial charge on any atom is 0.239 e. The molecular weight excluding hydrogens is 196 g/mol. The third-order valence-electron chi connectivity index (χ3n) is 2.22. The van der Waals surface area contributed by atoms with E-state index in [1.165, 1.54) is 0 Å². The maximum atomic E-state index is 11.6. The molecule has 1 fully saturated rings. The molecule has 3 N–H and O–H groups in total. The van der Waals surface area contributed by atoms with E-state index in [9.17, 15) is 4.79 Å². The quantitative estimate of drug-likeness (QED) is 0.599. The summed E-state index contributed by atoms with van der Waals surface area (Å²) in [6.45, 7) is 2.24. The predicted octanol–water partition coefficient (Wildman–Crippen LogP) is -0.986. The lowest BCUT2D eigenvalue weighted by Gasteiger charge is -2.22. The van der Waals surface area contributed by atoms with Crippen LogP contribution in [0.1, 0.15) is 5.82 Å². The molecule has 1 aromatic heterocycles. The highest BCUT2D eigenvalue weighted by Crippen LogP contribution is 1.94. The number of hydrogen-bond donors (Lipinski definition) is 3. The molecule has 6 heteroatoms. The molecule has 0 bridgehead atoms. The lowest BCUT2D eigenvalue weighted by Crippen LogP contribution is -2.51. The number of amides is 1. The molecule has 82 valence electrons. The van der Waals surface area contributed by atoms with E-state index in [2.05, 4.69) is 20.6 Å². The topological polar surface area (TPSA) is 79.0 Å². The smallest absolute Gasteiger partial charge is 0.239 e. The molecule has 6 nitrogen and oxygen atoms in total. The molecule has 0 saturated carbocycles. The standard InChI is InChI=1S/C9H14N4O2/c14-9(7-6-15-4-3-10-7)13-5-8-11-1-2-12-8/h1-2,7,10H,3-6H2,(H,11,12)(H,13,14). The van der Waals surface area contributed by atoms with Gasteiger partial charge in [-0.25, -0.2) is 4.98 Å². The van der Waals surface area contributed by atoms with Gasteiger partial charge in [-0.1, -0.05) is 0 Å². The first-order valence-electron chi connectivity index (χ1n) is 4.93. The largest absolute Gasteiger partial charge is 0.378 e. The second-order valence-corrected chi connectivity index (χ2v) is 3.34. The number of carbonyl (C=O) groups is 1. The van der Waals surface area contributed by atoms with E-state index in [1.54, 1.807) is 12.4 Å². The molecule has 0 aromatic carbocycles. The summed E-state index contributed by atoms with van der Waals surface area (Å²) in [5.41, 5.74) is 0. The van der Waals surface area contributed by atoms with Crippen molar-refractivity contribution >= 4 is 5.91 Å². The number of aromatic nitrogens is 2. The van der Waals surface area contributed by atoms with Crippen molar-refractivity contribution < 1.29 is 9.53 Å². The van der Waals surface area contributed by atoms with Gasteiger partial charge < -0.3 is 20.4 Å². The summed E-state index contributed by atoms with van der Waals surface area (Å²) < 4.78 is 5.19. The Morgan fingerprint density at radius 3 is 3.33 bits per heavy atom. The predicted molar refractivity (Wildman–Crippen MR) is 53.0 cm³/mol. The molecule has 0 aliphatic carbocycles. The third kappa shape index (κ3) is 2.77. The third-order valence-corrected chi connectivity index (χ3v) is 2.22. The zero-order valence-electron chi connectivity index (χ0n) is 8.32. The van der Waals surface area contributed by atoms with Crippen LogP contribution < -0.4 is 10.6 Å². The first kappa shape index (κ1) is 10.1. The molecule has 1 amide bonds. The molecule has 15 heavy (non-hydrogen) atoms. The molecule has 2 heterocycles. The summed E-state index contributed by atoms with van der Waals surface area (Å²) in [6, 6.07) is -0.242. The molecule has 1 aromatic rings. The van der Waals surface area contributed by atoms with Crippen LogP contribution in [0, 0.1) is 0 Å². The van der Waals surface area contributed by atoms with E-state index >= 15 is 0 Å². The second-order valence-electron chi connectivity index (χ2n) is 3.34. The number of hydrogen-bond acceptors (Lipinski definition) is 4. The van der Waals surface area contributed by atoms with Gasteiger partial charge in [-0.15, -0.1) is 0 Å². The Bertz CT molecular complexity index is 306. The average Bonchev–Trinajstić information content (AvgIpc) is 2.80. The number of carbonyl (C=O) groups excluding carboxylic acids is 1. The van der Waals surface area contributed by atoms with Crippen molar-refractivity contribution in [1.29, 1.82) is 0 Å². The number of nitrogens with zero attached hydrogens (tertiary/aromatic N) is 1. The van der Waals surface area contributed by atoms with E-state index in [0.717, 1.165) is 12.4 Å². The molecule has 1 aliphatic rings. The fourth-order valence-electron chi connectivity index (χ4n) is 1.42. The summed E-state index contributed by atoms with van der Waals surface area (Å²) in [5, 5.41) is 5.86.